The van der Waals surface area contributed by atoms with E-state index in [1.807, 2.05) is 63.2 Å². The lowest BCUT2D eigenvalue weighted by Crippen LogP contribution is -2.32. The molecule has 0 aliphatic carbocycles. The molecular formula is C19H24N2O2S. The Balaban J connectivity index is 1.78. The Hall–Kier alpha value is -2.14. The lowest BCUT2D eigenvalue weighted by molar-refractivity contribution is 0.252. The molecule has 0 saturated carbocycles. The van der Waals surface area contributed by atoms with E-state index in [-0.39, 0.29) is 6.03 Å². The van der Waals surface area contributed by atoms with Gasteiger partial charge in [0.25, 0.3) is 0 Å². The number of amides is 2. The van der Waals surface area contributed by atoms with E-state index < -0.39 is 10.8 Å². The van der Waals surface area contributed by atoms with Gasteiger partial charge in [-0.3, -0.25) is 4.21 Å². The van der Waals surface area contributed by atoms with Crippen LogP contribution >= 0.6 is 0 Å². The normalized spacial score (nSPS) is 11.8. The minimum atomic E-state index is -0.988. The fourth-order valence-electron chi connectivity index (χ4n) is 2.65. The molecule has 2 N–H and O–H groups in total. The zero-order valence-electron chi connectivity index (χ0n) is 14.4. The van der Waals surface area contributed by atoms with Gasteiger partial charge in [0, 0.05) is 34.5 Å². The Morgan fingerprint density at radius 3 is 2.29 bits per heavy atom. The highest BCUT2D eigenvalue weighted by atomic mass is 32.2. The second kappa shape index (κ2) is 8.64. The number of carbonyl (C=O) groups is 1. The van der Waals surface area contributed by atoms with E-state index in [1.54, 1.807) is 0 Å². The predicted molar refractivity (Wildman–Crippen MR) is 101 cm³/mol. The number of carbonyl (C=O) groups excluding carboxylic acids is 1. The lowest BCUT2D eigenvalue weighted by atomic mass is 10.1. The summed E-state index contributed by atoms with van der Waals surface area (Å²) < 4.78 is 12.0. The molecule has 4 nitrogen and oxygen atoms in total. The number of rotatable bonds is 6. The zero-order valence-corrected chi connectivity index (χ0v) is 15.2. The van der Waals surface area contributed by atoms with E-state index in [9.17, 15) is 9.00 Å². The number of hydrogen-bond acceptors (Lipinski definition) is 2. The van der Waals surface area contributed by atoms with E-state index >= 15 is 0 Å². The first-order valence-electron chi connectivity index (χ1n) is 7.97. The monoisotopic (exact) mass is 344 g/mol. The van der Waals surface area contributed by atoms with Crippen LogP contribution in [0.3, 0.4) is 0 Å². The van der Waals surface area contributed by atoms with E-state index in [1.165, 1.54) is 5.56 Å². The number of nitrogens with one attached hydrogen (secondary N) is 2. The van der Waals surface area contributed by atoms with E-state index in [4.69, 9.17) is 0 Å². The summed E-state index contributed by atoms with van der Waals surface area (Å²) >= 11 is 0. The summed E-state index contributed by atoms with van der Waals surface area (Å²) in [6.45, 7) is 6.37. The van der Waals surface area contributed by atoms with Crippen LogP contribution in [-0.2, 0) is 16.6 Å². The second-order valence-corrected chi connectivity index (χ2v) is 7.51. The molecule has 2 amide bonds. The third-order valence-corrected chi connectivity index (χ3v) is 5.02. The molecule has 0 unspecified atom stereocenters. The van der Waals surface area contributed by atoms with Crippen molar-refractivity contribution in [1.29, 1.82) is 0 Å². The molecule has 2 rings (SSSR count). The zero-order chi connectivity index (χ0) is 17.5. The maximum absolute atomic E-state index is 12.0. The predicted octanol–water partition coefficient (Wildman–Crippen LogP) is 3.68. The Morgan fingerprint density at radius 2 is 1.67 bits per heavy atom. The molecule has 0 radical (unpaired) electrons. The minimum Gasteiger partial charge on any atom is -0.337 e. The third-order valence-electron chi connectivity index (χ3n) is 3.70. The Morgan fingerprint density at radius 1 is 1.04 bits per heavy atom. The van der Waals surface area contributed by atoms with Crippen molar-refractivity contribution in [2.75, 3.05) is 17.6 Å². The van der Waals surface area contributed by atoms with Crippen molar-refractivity contribution in [3.63, 3.8) is 0 Å². The molecule has 0 aliphatic heterocycles. The van der Waals surface area contributed by atoms with Crippen molar-refractivity contribution in [2.24, 2.45) is 0 Å². The minimum absolute atomic E-state index is 0.262. The number of hydrogen-bond donors (Lipinski definition) is 2. The van der Waals surface area contributed by atoms with E-state index in [2.05, 4.69) is 10.6 Å². The fourth-order valence-corrected chi connectivity index (χ4v) is 3.68. The first-order valence-corrected chi connectivity index (χ1v) is 9.46. The van der Waals surface area contributed by atoms with E-state index in [0.29, 0.717) is 18.1 Å². The van der Waals surface area contributed by atoms with Crippen molar-refractivity contribution in [3.8, 4) is 0 Å². The van der Waals surface area contributed by atoms with Gasteiger partial charge in [-0.2, -0.15) is 0 Å². The summed E-state index contributed by atoms with van der Waals surface area (Å²) in [7, 11) is -0.988. The first kappa shape index (κ1) is 18.2. The van der Waals surface area contributed by atoms with Crippen molar-refractivity contribution in [2.45, 2.75) is 26.5 Å². The summed E-state index contributed by atoms with van der Waals surface area (Å²) in [5, 5.41) is 5.65. The average molecular weight is 344 g/mol. The number of anilines is 1. The van der Waals surface area contributed by atoms with Gasteiger partial charge in [0.1, 0.15) is 0 Å². The smallest absolute Gasteiger partial charge is 0.319 e. The number of aryl methyl sites for hydroxylation is 3. The van der Waals surface area contributed by atoms with Gasteiger partial charge < -0.3 is 10.6 Å². The van der Waals surface area contributed by atoms with Gasteiger partial charge >= 0.3 is 6.03 Å². The summed E-state index contributed by atoms with van der Waals surface area (Å²) in [6, 6.07) is 13.5. The molecule has 0 spiro atoms. The highest BCUT2D eigenvalue weighted by molar-refractivity contribution is 7.84. The molecule has 0 aliphatic rings. The van der Waals surface area contributed by atoms with Crippen molar-refractivity contribution in [1.82, 2.24) is 5.32 Å². The van der Waals surface area contributed by atoms with Crippen LogP contribution in [0.1, 0.15) is 22.3 Å². The second-order valence-electron chi connectivity index (χ2n) is 5.93. The summed E-state index contributed by atoms with van der Waals surface area (Å²) in [5.74, 6) is 0.953. The highest BCUT2D eigenvalue weighted by Crippen LogP contribution is 2.21. The van der Waals surface area contributed by atoms with Crippen LogP contribution in [-0.4, -0.2) is 22.5 Å². The number of benzene rings is 2. The van der Waals surface area contributed by atoms with Gasteiger partial charge in [0.05, 0.1) is 0 Å². The maximum Gasteiger partial charge on any atom is 0.319 e. The molecule has 2 aromatic carbocycles. The van der Waals surface area contributed by atoms with Crippen molar-refractivity contribution in [3.05, 3.63) is 64.7 Å². The molecule has 24 heavy (non-hydrogen) atoms. The molecule has 1 atom stereocenters. The van der Waals surface area contributed by atoms with Gasteiger partial charge in [-0.15, -0.1) is 0 Å². The van der Waals surface area contributed by atoms with Gasteiger partial charge in [-0.05, 0) is 37.5 Å². The molecule has 0 heterocycles. The SMILES string of the molecule is Cc1cc(C)c(NC(=O)NCC[S@@](=O)Cc2ccccc2)c(C)c1. The van der Waals surface area contributed by atoms with E-state index in [0.717, 1.165) is 22.4 Å². The quantitative estimate of drug-likeness (QED) is 0.840. The molecule has 128 valence electrons. The third kappa shape index (κ3) is 5.49. The molecule has 0 aromatic heterocycles. The Kier molecular flexibility index (Phi) is 6.55. The van der Waals surface area contributed by atoms with Gasteiger partial charge in [0.15, 0.2) is 0 Å². The van der Waals surface area contributed by atoms with Crippen LogP contribution < -0.4 is 10.6 Å². The van der Waals surface area contributed by atoms with Crippen molar-refractivity contribution >= 4 is 22.5 Å². The average Bonchev–Trinajstić information content (AvgIpc) is 2.52. The van der Waals surface area contributed by atoms with Crippen LogP contribution in [0, 0.1) is 20.8 Å². The molecular weight excluding hydrogens is 320 g/mol. The molecule has 2 aromatic rings. The van der Waals surface area contributed by atoms with Crippen molar-refractivity contribution < 1.29 is 9.00 Å². The lowest BCUT2D eigenvalue weighted by Gasteiger charge is -2.13. The highest BCUT2D eigenvalue weighted by Gasteiger charge is 2.08. The Labute approximate surface area is 146 Å². The topological polar surface area (TPSA) is 58.2 Å². The fraction of sp³-hybridized carbons (Fsp3) is 0.316. The summed E-state index contributed by atoms with van der Waals surface area (Å²) in [4.78, 5) is 12.0. The van der Waals surface area contributed by atoms with Gasteiger partial charge in [-0.1, -0.05) is 48.0 Å². The van der Waals surface area contributed by atoms with Crippen LogP contribution in [0.2, 0.25) is 0 Å². The first-order chi connectivity index (χ1) is 11.5. The largest absolute Gasteiger partial charge is 0.337 e. The maximum atomic E-state index is 12.0. The van der Waals surface area contributed by atoms with Crippen LogP contribution in [0.4, 0.5) is 10.5 Å². The Bertz CT molecular complexity index is 706. The molecule has 0 saturated heterocycles. The molecule has 0 fully saturated rings. The molecule has 5 heteroatoms. The van der Waals surface area contributed by atoms with Crippen LogP contribution in [0.15, 0.2) is 42.5 Å². The standard InChI is InChI=1S/C19H24N2O2S/c1-14-11-15(2)18(16(3)12-14)21-19(22)20-9-10-24(23)13-17-7-5-4-6-8-17/h4-8,11-12H,9-10,13H2,1-3H3,(H2,20,21,22)/t24-/m1/s1. The molecule has 0 bridgehead atoms. The van der Waals surface area contributed by atoms with Crippen LogP contribution in [0.5, 0.6) is 0 Å². The number of urea groups is 1. The van der Waals surface area contributed by atoms with Gasteiger partial charge in [-0.25, -0.2) is 4.79 Å². The van der Waals surface area contributed by atoms with Gasteiger partial charge in [0.2, 0.25) is 0 Å². The van der Waals surface area contributed by atoms with Crippen LogP contribution in [0.25, 0.3) is 0 Å². The summed E-state index contributed by atoms with van der Waals surface area (Å²) in [6.07, 6.45) is 0. The summed E-state index contributed by atoms with van der Waals surface area (Å²) in [5.41, 5.74) is 5.13.